The number of nitrogens with one attached hydrogen (secondary N) is 1. The Morgan fingerprint density at radius 1 is 1.43 bits per heavy atom. The molecule has 2 N–H and O–H groups in total. The third-order valence-electron chi connectivity index (χ3n) is 2.93. The Hall–Kier alpha value is -1.61. The average molecular weight is 330 g/mol. The maximum absolute atomic E-state index is 11.7. The lowest BCUT2D eigenvalue weighted by Crippen LogP contribution is -2.36. The number of hydrogen-bond donors (Lipinski definition) is 2. The number of carbonyl (C=O) groups is 2. The first-order chi connectivity index (χ1) is 9.85. The van der Waals surface area contributed by atoms with E-state index in [9.17, 15) is 18.0 Å². The van der Waals surface area contributed by atoms with Gasteiger partial charge in [-0.05, 0) is 18.6 Å². The van der Waals surface area contributed by atoms with Crippen LogP contribution in [0.4, 0.5) is 0 Å². The van der Waals surface area contributed by atoms with Crippen molar-refractivity contribution in [3.05, 3.63) is 23.9 Å². The number of sulfone groups is 1. The van der Waals surface area contributed by atoms with Gasteiger partial charge in [0.25, 0.3) is 0 Å². The molecule has 1 unspecified atom stereocenters. The Balaban J connectivity index is 1.80. The zero-order valence-electron chi connectivity index (χ0n) is 11.0. The number of amides is 1. The summed E-state index contributed by atoms with van der Waals surface area (Å²) >= 11 is 1.17. The number of nitrogens with zero attached hydrogens (tertiary/aromatic N) is 1. The predicted octanol–water partition coefficient (Wildman–Crippen LogP) is 0.175. The third-order valence-corrected chi connectivity index (χ3v) is 5.64. The first-order valence-corrected chi connectivity index (χ1v) is 8.98. The second-order valence-corrected chi connectivity index (χ2v) is 7.87. The van der Waals surface area contributed by atoms with E-state index in [1.165, 1.54) is 30.1 Å². The van der Waals surface area contributed by atoms with E-state index in [4.69, 9.17) is 5.11 Å². The summed E-state index contributed by atoms with van der Waals surface area (Å²) in [6.07, 6.45) is 1.68. The molecule has 0 aliphatic carbocycles. The van der Waals surface area contributed by atoms with Gasteiger partial charge in [-0.15, -0.1) is 0 Å². The van der Waals surface area contributed by atoms with Crippen molar-refractivity contribution in [2.75, 3.05) is 17.3 Å². The normalized spacial score (nSPS) is 20.1. The van der Waals surface area contributed by atoms with E-state index in [2.05, 4.69) is 10.3 Å². The first-order valence-electron chi connectivity index (χ1n) is 6.18. The summed E-state index contributed by atoms with van der Waals surface area (Å²) in [7, 11) is -3.01. The number of thioether (sulfide) groups is 1. The molecule has 7 nitrogen and oxygen atoms in total. The molecule has 1 aromatic rings. The van der Waals surface area contributed by atoms with Crippen molar-refractivity contribution in [2.45, 2.75) is 17.5 Å². The summed E-state index contributed by atoms with van der Waals surface area (Å²) < 4.78 is 22.5. The second kappa shape index (κ2) is 6.44. The summed E-state index contributed by atoms with van der Waals surface area (Å²) in [5.41, 5.74) is 0.0833. The molecule has 21 heavy (non-hydrogen) atoms. The minimum Gasteiger partial charge on any atom is -0.478 e. The Labute approximate surface area is 126 Å². The van der Waals surface area contributed by atoms with Crippen LogP contribution in [0.1, 0.15) is 16.8 Å². The second-order valence-electron chi connectivity index (χ2n) is 4.65. The smallest absolute Gasteiger partial charge is 0.337 e. The molecule has 0 spiro atoms. The molecule has 1 aliphatic heterocycles. The number of pyridine rings is 1. The van der Waals surface area contributed by atoms with Gasteiger partial charge >= 0.3 is 5.97 Å². The van der Waals surface area contributed by atoms with Gasteiger partial charge in [0.1, 0.15) is 0 Å². The van der Waals surface area contributed by atoms with Crippen molar-refractivity contribution in [2.24, 2.45) is 0 Å². The van der Waals surface area contributed by atoms with Gasteiger partial charge in [0.15, 0.2) is 9.84 Å². The number of carboxylic acids is 1. The van der Waals surface area contributed by atoms with E-state index in [1.807, 2.05) is 0 Å². The number of carboxylic acid groups (broad SMARTS) is 1. The van der Waals surface area contributed by atoms with Crippen LogP contribution in [0.3, 0.4) is 0 Å². The lowest BCUT2D eigenvalue weighted by molar-refractivity contribution is -0.119. The standard InChI is InChI=1S/C12H14N2O5S2/c15-10(14-9-3-4-21(18,19)7-9)6-20-11-2-1-8(5-13-11)12(16)17/h1-2,5,9H,3-4,6-7H2,(H,14,15)(H,16,17). The molecular weight excluding hydrogens is 316 g/mol. The Bertz CT molecular complexity index is 642. The summed E-state index contributed by atoms with van der Waals surface area (Å²) in [5.74, 6) is -1.10. The molecule has 1 aromatic heterocycles. The van der Waals surface area contributed by atoms with Gasteiger partial charge in [0, 0.05) is 12.2 Å². The number of carbonyl (C=O) groups excluding carboxylic acids is 1. The zero-order valence-corrected chi connectivity index (χ0v) is 12.6. The topological polar surface area (TPSA) is 113 Å². The van der Waals surface area contributed by atoms with Crippen LogP contribution in [0.25, 0.3) is 0 Å². The zero-order chi connectivity index (χ0) is 15.5. The van der Waals surface area contributed by atoms with Crippen LogP contribution in [-0.2, 0) is 14.6 Å². The fourth-order valence-electron chi connectivity index (χ4n) is 1.91. The number of aromatic carboxylic acids is 1. The maximum atomic E-state index is 11.7. The quantitative estimate of drug-likeness (QED) is 0.740. The minimum absolute atomic E-state index is 0.00499. The van der Waals surface area contributed by atoms with Crippen molar-refractivity contribution in [3.63, 3.8) is 0 Å². The van der Waals surface area contributed by atoms with Gasteiger partial charge in [-0.2, -0.15) is 0 Å². The van der Waals surface area contributed by atoms with Crippen LogP contribution in [0.5, 0.6) is 0 Å². The van der Waals surface area contributed by atoms with Gasteiger partial charge in [-0.3, -0.25) is 4.79 Å². The maximum Gasteiger partial charge on any atom is 0.337 e. The summed E-state index contributed by atoms with van der Waals surface area (Å²) in [6, 6.07) is 2.63. The van der Waals surface area contributed by atoms with E-state index in [-0.39, 0.29) is 34.8 Å². The Morgan fingerprint density at radius 2 is 2.19 bits per heavy atom. The minimum atomic E-state index is -3.01. The number of rotatable bonds is 5. The van der Waals surface area contributed by atoms with E-state index in [0.717, 1.165) is 0 Å². The lowest BCUT2D eigenvalue weighted by atomic mass is 10.3. The fraction of sp³-hybridized carbons (Fsp3) is 0.417. The summed E-state index contributed by atoms with van der Waals surface area (Å²) in [4.78, 5) is 26.3. The van der Waals surface area contributed by atoms with E-state index < -0.39 is 15.8 Å². The van der Waals surface area contributed by atoms with Gasteiger partial charge in [-0.25, -0.2) is 18.2 Å². The Kier molecular flexibility index (Phi) is 4.84. The van der Waals surface area contributed by atoms with Gasteiger partial charge in [0.05, 0.1) is 27.8 Å². The molecule has 2 heterocycles. The van der Waals surface area contributed by atoms with Crippen molar-refractivity contribution < 1.29 is 23.1 Å². The number of aromatic nitrogens is 1. The fourth-order valence-corrected chi connectivity index (χ4v) is 4.24. The van der Waals surface area contributed by atoms with Crippen LogP contribution in [-0.4, -0.2) is 53.7 Å². The molecule has 1 atom stereocenters. The molecule has 0 aromatic carbocycles. The highest BCUT2D eigenvalue weighted by molar-refractivity contribution is 7.99. The van der Waals surface area contributed by atoms with Crippen LogP contribution < -0.4 is 5.32 Å². The molecule has 0 saturated carbocycles. The Morgan fingerprint density at radius 3 is 2.71 bits per heavy atom. The van der Waals surface area contributed by atoms with Crippen molar-refractivity contribution in [1.82, 2.24) is 10.3 Å². The van der Waals surface area contributed by atoms with Crippen molar-refractivity contribution in [1.29, 1.82) is 0 Å². The monoisotopic (exact) mass is 330 g/mol. The molecule has 1 amide bonds. The average Bonchev–Trinajstić information content (AvgIpc) is 2.76. The van der Waals surface area contributed by atoms with Crippen molar-refractivity contribution >= 4 is 33.5 Å². The van der Waals surface area contributed by atoms with E-state index >= 15 is 0 Å². The highest BCUT2D eigenvalue weighted by atomic mass is 32.2. The molecule has 114 valence electrons. The SMILES string of the molecule is O=C(CSc1ccc(C(=O)O)cn1)NC1CCS(=O)(=O)C1. The molecule has 2 rings (SSSR count). The summed E-state index contributed by atoms with van der Waals surface area (Å²) in [5, 5.41) is 11.9. The molecule has 0 bridgehead atoms. The van der Waals surface area contributed by atoms with Gasteiger partial charge in [0.2, 0.25) is 5.91 Å². The molecular formula is C12H14N2O5S2. The molecule has 1 saturated heterocycles. The van der Waals surface area contributed by atoms with E-state index in [0.29, 0.717) is 11.4 Å². The number of hydrogen-bond acceptors (Lipinski definition) is 6. The highest BCUT2D eigenvalue weighted by Crippen LogP contribution is 2.16. The van der Waals surface area contributed by atoms with Gasteiger partial charge in [-0.1, -0.05) is 11.8 Å². The summed E-state index contributed by atoms with van der Waals surface area (Å²) in [6.45, 7) is 0. The third kappa shape index (κ3) is 4.71. The first kappa shape index (κ1) is 15.8. The van der Waals surface area contributed by atoms with Crippen molar-refractivity contribution in [3.8, 4) is 0 Å². The molecule has 1 fully saturated rings. The lowest BCUT2D eigenvalue weighted by Gasteiger charge is -2.10. The van der Waals surface area contributed by atoms with Crippen LogP contribution >= 0.6 is 11.8 Å². The van der Waals surface area contributed by atoms with E-state index in [1.54, 1.807) is 0 Å². The predicted molar refractivity (Wildman–Crippen MR) is 77.1 cm³/mol. The molecule has 0 radical (unpaired) electrons. The van der Waals surface area contributed by atoms with Gasteiger partial charge < -0.3 is 10.4 Å². The van der Waals surface area contributed by atoms with Crippen LogP contribution in [0.2, 0.25) is 0 Å². The van der Waals surface area contributed by atoms with Crippen LogP contribution in [0.15, 0.2) is 23.4 Å². The highest BCUT2D eigenvalue weighted by Gasteiger charge is 2.28. The molecule has 9 heteroatoms. The van der Waals surface area contributed by atoms with Crippen LogP contribution in [0, 0.1) is 0 Å². The largest absolute Gasteiger partial charge is 0.478 e. The molecule has 1 aliphatic rings.